The van der Waals surface area contributed by atoms with E-state index in [1.54, 1.807) is 24.3 Å². The monoisotopic (exact) mass is 1190 g/mol. The maximum atomic E-state index is 9.62. The Bertz CT molecular complexity index is 4130. The first-order chi connectivity index (χ1) is 38.4. The van der Waals surface area contributed by atoms with Gasteiger partial charge >= 0.3 is 20.1 Å². The molecule has 0 radical (unpaired) electrons. The van der Waals surface area contributed by atoms with Crippen molar-refractivity contribution in [1.29, 1.82) is 5.26 Å². The normalized spacial score (nSPS) is 10.8. The van der Waals surface area contributed by atoms with Crippen LogP contribution in [0.4, 0.5) is 5.69 Å². The molecule has 3 heterocycles. The summed E-state index contributed by atoms with van der Waals surface area (Å²) in [6.07, 6.45) is 5.86. The van der Waals surface area contributed by atoms with Crippen molar-refractivity contribution >= 4 is 5.69 Å². The second kappa shape index (κ2) is 22.7. The second-order valence-electron chi connectivity index (χ2n) is 19.2. The van der Waals surface area contributed by atoms with Gasteiger partial charge in [-0.15, -0.1) is 89.0 Å². The number of nitriles is 1. The van der Waals surface area contributed by atoms with Gasteiger partial charge in [-0.1, -0.05) is 152 Å². The molecule has 0 N–H and O–H groups in total. The molecular formula is C73H46IrN5. The molecule has 0 bridgehead atoms. The zero-order valence-corrected chi connectivity index (χ0v) is 45.6. The minimum atomic E-state index is 0. The molecule has 0 aliphatic heterocycles. The van der Waals surface area contributed by atoms with Crippen LogP contribution in [0.25, 0.3) is 128 Å². The van der Waals surface area contributed by atoms with E-state index in [1.165, 1.54) is 11.1 Å². The van der Waals surface area contributed by atoms with E-state index in [-0.39, 0.29) is 20.1 Å². The number of aromatic nitrogens is 3. The van der Waals surface area contributed by atoms with Crippen LogP contribution in [0.3, 0.4) is 0 Å². The Morgan fingerprint density at radius 1 is 0.367 bits per heavy atom. The molecular weight excluding hydrogens is 1140 g/mol. The van der Waals surface area contributed by atoms with Gasteiger partial charge in [-0.05, 0) is 138 Å². The fourth-order valence-corrected chi connectivity index (χ4v) is 10.3. The van der Waals surface area contributed by atoms with Crippen molar-refractivity contribution in [2.24, 2.45) is 0 Å². The molecule has 12 aromatic rings. The standard InChI is InChI=1S/C73H46N5.Ir/c1-48-36-72(55-20-13-16-50(38-55)44-74)77-46-69(48)67-28-11-9-26-65(67)60-40-59(41-61(42-60)66-27-10-12-29-68(66)70-47-78-73(37-49(70)2)57-22-15-23-62(43-57)75-3)64-25-8-7-24-63(64)58-34-35-71(76-45-58)56-21-14-19-54(39-56)53-32-30-52(31-33-53)51-17-5-4-6-18-51;/h4-19,23-43,45-47H,1-2H3;/q-3;+3. The van der Waals surface area contributed by atoms with Gasteiger partial charge in [0.2, 0.25) is 0 Å². The van der Waals surface area contributed by atoms with Gasteiger partial charge in [0.1, 0.15) is 5.69 Å². The number of hydrogen-bond donors (Lipinski definition) is 0. The van der Waals surface area contributed by atoms with Crippen LogP contribution in [0.5, 0.6) is 0 Å². The van der Waals surface area contributed by atoms with Crippen LogP contribution < -0.4 is 0 Å². The van der Waals surface area contributed by atoms with Crippen LogP contribution in [0.1, 0.15) is 16.7 Å². The number of aryl methyl sites for hydroxylation is 2. The Morgan fingerprint density at radius 3 is 1.32 bits per heavy atom. The van der Waals surface area contributed by atoms with Crippen molar-refractivity contribution in [2.75, 3.05) is 0 Å². The maximum Gasteiger partial charge on any atom is 3.00 e. The second-order valence-corrected chi connectivity index (χ2v) is 19.2. The summed E-state index contributed by atoms with van der Waals surface area (Å²) < 4.78 is 0. The number of rotatable bonds is 11. The Kier molecular flexibility index (Phi) is 14.7. The molecule has 0 spiro atoms. The third-order valence-corrected chi connectivity index (χ3v) is 14.3. The van der Waals surface area contributed by atoms with Gasteiger partial charge in [0.15, 0.2) is 0 Å². The molecule has 79 heavy (non-hydrogen) atoms. The Labute approximate surface area is 475 Å². The quantitative estimate of drug-likeness (QED) is 0.121. The number of nitrogens with zero attached hydrogens (tertiary/aromatic N) is 5. The summed E-state index contributed by atoms with van der Waals surface area (Å²) in [6.45, 7) is 11.8. The molecule has 0 amide bonds. The van der Waals surface area contributed by atoms with Gasteiger partial charge < -0.3 is 15.0 Å². The van der Waals surface area contributed by atoms with E-state index >= 15 is 0 Å². The minimum Gasteiger partial charge on any atom is -0.304 e. The molecule has 0 saturated carbocycles. The van der Waals surface area contributed by atoms with E-state index in [2.05, 4.69) is 219 Å². The molecule has 0 fully saturated rings. The zero-order valence-electron chi connectivity index (χ0n) is 43.2. The van der Waals surface area contributed by atoms with Crippen molar-refractivity contribution in [3.63, 3.8) is 0 Å². The van der Waals surface area contributed by atoms with E-state index in [0.29, 0.717) is 11.3 Å². The van der Waals surface area contributed by atoms with E-state index in [0.717, 1.165) is 123 Å². The molecule has 372 valence electrons. The Balaban J connectivity index is 0.00000660. The Morgan fingerprint density at radius 2 is 0.797 bits per heavy atom. The molecule has 3 aromatic heterocycles. The predicted molar refractivity (Wildman–Crippen MR) is 317 cm³/mol. The van der Waals surface area contributed by atoms with Gasteiger partial charge in [0.25, 0.3) is 0 Å². The minimum absolute atomic E-state index is 0. The summed E-state index contributed by atoms with van der Waals surface area (Å²) >= 11 is 0. The molecule has 0 aliphatic carbocycles. The molecule has 9 aromatic carbocycles. The smallest absolute Gasteiger partial charge is 0.304 e. The summed E-state index contributed by atoms with van der Waals surface area (Å²) in [5.41, 5.74) is 25.2. The van der Waals surface area contributed by atoms with Gasteiger partial charge in [0, 0.05) is 29.7 Å². The van der Waals surface area contributed by atoms with Crippen molar-refractivity contribution in [1.82, 2.24) is 15.0 Å². The van der Waals surface area contributed by atoms with Crippen LogP contribution in [-0.4, -0.2) is 15.0 Å². The number of benzene rings is 9. The SMILES string of the molecule is [C-]#[N+]c1cc[c-]c(-c2cc(C)c(-c3ccccc3-c3cc(-c4ccccc4-c4ccc(-c5[c-]ccc(-c6ccc(-c7ccccc7)cc6)c5)nc4)cc(-c4ccccc4-c4cnc(-c5[c-]ccc(C#N)c5)cc4C)c3)cn2)c1.[Ir+3]. The number of pyridine rings is 3. The fourth-order valence-electron chi connectivity index (χ4n) is 10.3. The average molecular weight is 1190 g/mol. The topological polar surface area (TPSA) is 66.8 Å². The number of hydrogen-bond acceptors (Lipinski definition) is 4. The summed E-state index contributed by atoms with van der Waals surface area (Å²) in [5.74, 6) is 0. The van der Waals surface area contributed by atoms with Crippen molar-refractivity contribution < 1.29 is 20.1 Å². The molecule has 12 rings (SSSR count). The largest absolute Gasteiger partial charge is 3.00 e. The Hall–Kier alpha value is -9.94. The zero-order chi connectivity index (χ0) is 53.0. The molecule has 5 nitrogen and oxygen atoms in total. The third kappa shape index (κ3) is 10.6. The van der Waals surface area contributed by atoms with Crippen LogP contribution in [0, 0.1) is 49.9 Å². The van der Waals surface area contributed by atoms with Crippen molar-refractivity contribution in [3.05, 3.63) is 289 Å². The van der Waals surface area contributed by atoms with E-state index < -0.39 is 0 Å². The van der Waals surface area contributed by atoms with Crippen LogP contribution in [0.15, 0.2) is 243 Å². The van der Waals surface area contributed by atoms with Gasteiger partial charge in [0.05, 0.1) is 12.6 Å². The molecule has 0 saturated heterocycles. The summed E-state index contributed by atoms with van der Waals surface area (Å²) in [7, 11) is 0. The predicted octanol–water partition coefficient (Wildman–Crippen LogP) is 18.6. The summed E-state index contributed by atoms with van der Waals surface area (Å²) in [4.78, 5) is 18.6. The summed E-state index contributed by atoms with van der Waals surface area (Å²) in [5, 5.41) is 9.62. The van der Waals surface area contributed by atoms with E-state index in [4.69, 9.17) is 21.5 Å². The van der Waals surface area contributed by atoms with Gasteiger partial charge in [-0.25, -0.2) is 0 Å². The first-order valence-electron chi connectivity index (χ1n) is 25.7. The maximum absolute atomic E-state index is 9.62. The third-order valence-electron chi connectivity index (χ3n) is 14.3. The first-order valence-corrected chi connectivity index (χ1v) is 25.7. The van der Waals surface area contributed by atoms with E-state index in [1.807, 2.05) is 42.9 Å². The van der Waals surface area contributed by atoms with Gasteiger partial charge in [-0.2, -0.15) is 11.3 Å². The molecule has 0 aliphatic rings. The molecule has 0 unspecified atom stereocenters. The summed E-state index contributed by atoms with van der Waals surface area (Å²) in [6, 6.07) is 89.3. The van der Waals surface area contributed by atoms with Crippen LogP contribution >= 0.6 is 0 Å². The van der Waals surface area contributed by atoms with Crippen molar-refractivity contribution in [3.8, 4) is 129 Å². The average Bonchev–Trinajstić information content (AvgIpc) is 3.53. The van der Waals surface area contributed by atoms with Crippen LogP contribution in [0.2, 0.25) is 0 Å². The van der Waals surface area contributed by atoms with Gasteiger partial charge in [-0.3, -0.25) is 4.85 Å². The molecule has 0 atom stereocenters. The first kappa shape index (κ1) is 51.2. The van der Waals surface area contributed by atoms with E-state index in [9.17, 15) is 5.26 Å². The molecule has 6 heteroatoms. The van der Waals surface area contributed by atoms with Crippen LogP contribution in [-0.2, 0) is 20.1 Å². The fraction of sp³-hybridized carbons (Fsp3) is 0.0274. The van der Waals surface area contributed by atoms with Crippen molar-refractivity contribution in [2.45, 2.75) is 13.8 Å².